The molecule has 1 aliphatic rings. The van der Waals surface area contributed by atoms with E-state index in [1.165, 1.54) is 5.56 Å². The molecule has 4 nitrogen and oxygen atoms in total. The van der Waals surface area contributed by atoms with E-state index in [0.29, 0.717) is 13.2 Å². The van der Waals surface area contributed by atoms with Crippen LogP contribution in [0.1, 0.15) is 26.3 Å². The summed E-state index contributed by atoms with van der Waals surface area (Å²) in [7, 11) is 0. The van der Waals surface area contributed by atoms with Crippen molar-refractivity contribution in [1.29, 1.82) is 0 Å². The van der Waals surface area contributed by atoms with Crippen molar-refractivity contribution in [2.75, 3.05) is 13.2 Å². The first-order valence-electron chi connectivity index (χ1n) is 6.61. The first-order valence-corrected chi connectivity index (χ1v) is 6.61. The molecule has 0 radical (unpaired) electrons. The Bertz CT molecular complexity index is 421. The number of carbonyl (C=O) groups excluding carboxylic acids is 1. The predicted molar refractivity (Wildman–Crippen MR) is 72.8 cm³/mol. The molecular weight excluding hydrogens is 242 g/mol. The third-order valence-electron chi connectivity index (χ3n) is 2.78. The molecule has 0 N–H and O–H groups in total. The summed E-state index contributed by atoms with van der Waals surface area (Å²) in [6.07, 6.45) is 0.393. The van der Waals surface area contributed by atoms with Crippen molar-refractivity contribution < 1.29 is 14.3 Å². The van der Waals surface area contributed by atoms with Crippen molar-refractivity contribution in [3.63, 3.8) is 0 Å². The third kappa shape index (κ3) is 4.56. The standard InChI is InChI=1S/C15H21NO3/c1-15(2,3)19-14(17)16(13-11-18-13)10-9-12-7-5-4-6-8-12/h4-8,13H,9-11H2,1-3H3. The van der Waals surface area contributed by atoms with Crippen LogP contribution in [-0.4, -0.2) is 36.0 Å². The Morgan fingerprint density at radius 3 is 2.53 bits per heavy atom. The number of rotatable bonds is 4. The zero-order valence-electron chi connectivity index (χ0n) is 11.8. The number of epoxide rings is 1. The molecule has 104 valence electrons. The topological polar surface area (TPSA) is 42.1 Å². The van der Waals surface area contributed by atoms with Crippen molar-refractivity contribution in [3.8, 4) is 0 Å². The van der Waals surface area contributed by atoms with E-state index in [-0.39, 0.29) is 12.3 Å². The number of benzene rings is 1. The van der Waals surface area contributed by atoms with Gasteiger partial charge in [0.1, 0.15) is 5.60 Å². The minimum absolute atomic E-state index is 0.112. The fourth-order valence-electron chi connectivity index (χ4n) is 1.79. The molecule has 1 saturated heterocycles. The Kier molecular flexibility index (Phi) is 4.10. The lowest BCUT2D eigenvalue weighted by molar-refractivity contribution is 0.0161. The van der Waals surface area contributed by atoms with E-state index >= 15 is 0 Å². The van der Waals surface area contributed by atoms with E-state index in [4.69, 9.17) is 9.47 Å². The molecule has 19 heavy (non-hydrogen) atoms. The molecule has 0 saturated carbocycles. The highest BCUT2D eigenvalue weighted by Gasteiger charge is 2.36. The Labute approximate surface area is 114 Å². The molecule has 2 rings (SSSR count). The molecule has 0 spiro atoms. The van der Waals surface area contributed by atoms with E-state index in [1.54, 1.807) is 4.90 Å². The molecule has 1 heterocycles. The van der Waals surface area contributed by atoms with Crippen molar-refractivity contribution in [1.82, 2.24) is 4.90 Å². The number of ether oxygens (including phenoxy) is 2. The second-order valence-electron chi connectivity index (χ2n) is 5.70. The molecule has 1 unspecified atom stereocenters. The van der Waals surface area contributed by atoms with Crippen LogP contribution < -0.4 is 0 Å². The number of carbonyl (C=O) groups is 1. The van der Waals surface area contributed by atoms with E-state index < -0.39 is 5.60 Å². The van der Waals surface area contributed by atoms with E-state index in [2.05, 4.69) is 12.1 Å². The smallest absolute Gasteiger partial charge is 0.412 e. The van der Waals surface area contributed by atoms with Crippen LogP contribution in [0.15, 0.2) is 30.3 Å². The van der Waals surface area contributed by atoms with E-state index in [1.807, 2.05) is 39.0 Å². The summed E-state index contributed by atoms with van der Waals surface area (Å²) in [6.45, 7) is 6.83. The minimum atomic E-state index is -0.475. The average Bonchev–Trinajstić information content (AvgIpc) is 3.13. The summed E-state index contributed by atoms with van der Waals surface area (Å²) in [5.41, 5.74) is 0.730. The highest BCUT2D eigenvalue weighted by Crippen LogP contribution is 2.20. The first-order chi connectivity index (χ1) is 8.96. The van der Waals surface area contributed by atoms with E-state index in [0.717, 1.165) is 6.42 Å². The monoisotopic (exact) mass is 263 g/mol. The van der Waals surface area contributed by atoms with Crippen molar-refractivity contribution in [2.45, 2.75) is 39.0 Å². The normalized spacial score (nSPS) is 17.9. The van der Waals surface area contributed by atoms with Crippen LogP contribution in [0, 0.1) is 0 Å². The lowest BCUT2D eigenvalue weighted by Gasteiger charge is -2.26. The summed E-state index contributed by atoms with van der Waals surface area (Å²) in [4.78, 5) is 13.8. The van der Waals surface area contributed by atoms with Gasteiger partial charge in [0.15, 0.2) is 6.23 Å². The fraction of sp³-hybridized carbons (Fsp3) is 0.533. The molecule has 1 atom stereocenters. The third-order valence-corrected chi connectivity index (χ3v) is 2.78. The summed E-state index contributed by atoms with van der Waals surface area (Å²) in [5, 5.41) is 0. The highest BCUT2D eigenvalue weighted by atomic mass is 16.6. The van der Waals surface area contributed by atoms with Gasteiger partial charge in [-0.05, 0) is 32.8 Å². The zero-order valence-corrected chi connectivity index (χ0v) is 11.8. The van der Waals surface area contributed by atoms with Crippen molar-refractivity contribution in [2.24, 2.45) is 0 Å². The van der Waals surface area contributed by atoms with Crippen LogP contribution in [0.2, 0.25) is 0 Å². The first kappa shape index (κ1) is 13.9. The summed E-state index contributed by atoms with van der Waals surface area (Å²) in [5.74, 6) is 0. The van der Waals surface area contributed by atoms with E-state index in [9.17, 15) is 4.79 Å². The van der Waals surface area contributed by atoms with Gasteiger partial charge < -0.3 is 9.47 Å². The predicted octanol–water partition coefficient (Wildman–Crippen LogP) is 2.82. The Morgan fingerprint density at radius 2 is 2.00 bits per heavy atom. The van der Waals surface area contributed by atoms with Gasteiger partial charge in [-0.1, -0.05) is 30.3 Å². The summed E-state index contributed by atoms with van der Waals surface area (Å²) < 4.78 is 10.6. The maximum absolute atomic E-state index is 12.1. The highest BCUT2D eigenvalue weighted by molar-refractivity contribution is 5.68. The largest absolute Gasteiger partial charge is 0.444 e. The number of amides is 1. The number of nitrogens with zero attached hydrogens (tertiary/aromatic N) is 1. The average molecular weight is 263 g/mol. The van der Waals surface area contributed by atoms with Crippen LogP contribution >= 0.6 is 0 Å². The Hall–Kier alpha value is -1.55. The maximum atomic E-state index is 12.1. The molecule has 1 fully saturated rings. The van der Waals surface area contributed by atoms with Gasteiger partial charge in [0, 0.05) is 6.54 Å². The van der Waals surface area contributed by atoms with Crippen LogP contribution in [0.5, 0.6) is 0 Å². The van der Waals surface area contributed by atoms with Crippen LogP contribution in [0.4, 0.5) is 4.79 Å². The van der Waals surface area contributed by atoms with Gasteiger partial charge in [0.05, 0.1) is 6.61 Å². The second-order valence-corrected chi connectivity index (χ2v) is 5.70. The molecular formula is C15H21NO3. The zero-order chi connectivity index (χ0) is 13.9. The molecule has 0 aromatic heterocycles. The van der Waals surface area contributed by atoms with Gasteiger partial charge in [-0.3, -0.25) is 4.90 Å². The molecule has 1 aliphatic heterocycles. The lowest BCUT2D eigenvalue weighted by Crippen LogP contribution is -2.39. The Morgan fingerprint density at radius 1 is 1.37 bits per heavy atom. The van der Waals surface area contributed by atoms with Gasteiger partial charge in [-0.15, -0.1) is 0 Å². The van der Waals surface area contributed by atoms with Gasteiger partial charge in [0.2, 0.25) is 0 Å². The molecule has 1 amide bonds. The molecule has 0 bridgehead atoms. The lowest BCUT2D eigenvalue weighted by atomic mass is 10.1. The molecule has 1 aromatic carbocycles. The number of hydrogen-bond acceptors (Lipinski definition) is 3. The quantitative estimate of drug-likeness (QED) is 0.784. The Balaban J connectivity index is 1.91. The molecule has 1 aromatic rings. The second kappa shape index (κ2) is 5.61. The van der Waals surface area contributed by atoms with Gasteiger partial charge in [-0.2, -0.15) is 0 Å². The van der Waals surface area contributed by atoms with Crippen LogP contribution in [0.3, 0.4) is 0 Å². The molecule has 0 aliphatic carbocycles. The maximum Gasteiger partial charge on any atom is 0.412 e. The van der Waals surface area contributed by atoms with Crippen molar-refractivity contribution >= 4 is 6.09 Å². The van der Waals surface area contributed by atoms with Crippen LogP contribution in [0.25, 0.3) is 0 Å². The van der Waals surface area contributed by atoms with Gasteiger partial charge >= 0.3 is 6.09 Å². The summed E-state index contributed by atoms with van der Waals surface area (Å²) >= 11 is 0. The minimum Gasteiger partial charge on any atom is -0.444 e. The van der Waals surface area contributed by atoms with Gasteiger partial charge in [-0.25, -0.2) is 4.79 Å². The molecule has 4 heteroatoms. The number of hydrogen-bond donors (Lipinski definition) is 0. The summed E-state index contributed by atoms with van der Waals surface area (Å²) in [6, 6.07) is 10.1. The van der Waals surface area contributed by atoms with Crippen molar-refractivity contribution in [3.05, 3.63) is 35.9 Å². The fourth-order valence-corrected chi connectivity index (χ4v) is 1.79. The SMILES string of the molecule is CC(C)(C)OC(=O)N(CCc1ccccc1)C1CO1. The van der Waals surface area contributed by atoms with Gasteiger partial charge in [0.25, 0.3) is 0 Å². The van der Waals surface area contributed by atoms with Crippen LogP contribution in [-0.2, 0) is 15.9 Å².